The Morgan fingerprint density at radius 1 is 1.10 bits per heavy atom. The molecule has 0 radical (unpaired) electrons. The third-order valence-electron chi connectivity index (χ3n) is 4.51. The maximum absolute atomic E-state index is 13.1. The van der Waals surface area contributed by atoms with Crippen molar-refractivity contribution >= 4 is 23.1 Å². The molecule has 3 rings (SSSR count). The molecule has 0 spiro atoms. The molecule has 10 nitrogen and oxygen atoms in total. The van der Waals surface area contributed by atoms with Crippen LogP contribution < -0.4 is 21.9 Å². The van der Waals surface area contributed by atoms with Crippen molar-refractivity contribution in [2.45, 2.75) is 33.5 Å². The summed E-state index contributed by atoms with van der Waals surface area (Å²) in [7, 11) is 1.36. The molecular weight excluding hydrogens is 388 g/mol. The molecule has 0 saturated heterocycles. The SMILES string of the molecule is CNC(=O)NC(=O)Cn1c(=O)c2c(ncn2CC(C)C)n(Cc2ccccc2)c1=O. The van der Waals surface area contributed by atoms with Crippen molar-refractivity contribution in [1.29, 1.82) is 0 Å². The minimum atomic E-state index is -0.769. The second-order valence-corrected chi connectivity index (χ2v) is 7.34. The first-order valence-corrected chi connectivity index (χ1v) is 9.55. The van der Waals surface area contributed by atoms with Crippen LogP contribution in [0.1, 0.15) is 19.4 Å². The largest absolute Gasteiger partial charge is 0.341 e. The topological polar surface area (TPSA) is 120 Å². The highest BCUT2D eigenvalue weighted by Gasteiger charge is 2.20. The van der Waals surface area contributed by atoms with Crippen molar-refractivity contribution in [3.63, 3.8) is 0 Å². The van der Waals surface area contributed by atoms with Gasteiger partial charge in [-0.15, -0.1) is 0 Å². The average molecular weight is 412 g/mol. The molecule has 0 saturated carbocycles. The van der Waals surface area contributed by atoms with Crippen molar-refractivity contribution in [1.82, 2.24) is 29.3 Å². The Kier molecular flexibility index (Phi) is 6.14. The van der Waals surface area contributed by atoms with Crippen LogP contribution in [-0.2, 0) is 24.4 Å². The predicted octanol–water partition coefficient (Wildman–Crippen LogP) is 0.520. The van der Waals surface area contributed by atoms with Gasteiger partial charge in [0.1, 0.15) is 6.54 Å². The number of fused-ring (bicyclic) bond motifs is 1. The highest BCUT2D eigenvalue weighted by atomic mass is 16.2. The molecule has 2 N–H and O–H groups in total. The summed E-state index contributed by atoms with van der Waals surface area (Å²) in [5, 5.41) is 4.33. The second-order valence-electron chi connectivity index (χ2n) is 7.34. The predicted molar refractivity (Wildman–Crippen MR) is 111 cm³/mol. The lowest BCUT2D eigenvalue weighted by Crippen LogP contribution is -2.46. The van der Waals surface area contributed by atoms with Gasteiger partial charge in [-0.3, -0.25) is 19.5 Å². The maximum Gasteiger partial charge on any atom is 0.333 e. The Morgan fingerprint density at radius 3 is 2.43 bits per heavy atom. The van der Waals surface area contributed by atoms with Crippen LogP contribution in [-0.4, -0.2) is 37.7 Å². The molecule has 0 bridgehead atoms. The molecule has 0 unspecified atom stereocenters. The lowest BCUT2D eigenvalue weighted by atomic mass is 10.2. The summed E-state index contributed by atoms with van der Waals surface area (Å²) in [6.07, 6.45) is 1.53. The van der Waals surface area contributed by atoms with Crippen molar-refractivity contribution in [2.24, 2.45) is 5.92 Å². The number of urea groups is 1. The Hall–Kier alpha value is -3.69. The molecule has 2 aromatic heterocycles. The second kappa shape index (κ2) is 8.76. The lowest BCUT2D eigenvalue weighted by Gasteiger charge is -2.13. The molecule has 158 valence electrons. The van der Waals surface area contributed by atoms with E-state index in [9.17, 15) is 19.2 Å². The van der Waals surface area contributed by atoms with Gasteiger partial charge in [-0.1, -0.05) is 44.2 Å². The van der Waals surface area contributed by atoms with Gasteiger partial charge >= 0.3 is 11.7 Å². The van der Waals surface area contributed by atoms with E-state index in [0.717, 1.165) is 10.1 Å². The van der Waals surface area contributed by atoms with Gasteiger partial charge in [0.25, 0.3) is 5.56 Å². The number of nitrogens with one attached hydrogen (secondary N) is 2. The highest BCUT2D eigenvalue weighted by Crippen LogP contribution is 2.11. The standard InChI is InChI=1S/C20H24N6O4/c1-13(2)9-24-12-22-17-16(24)18(28)26(11-15(27)23-19(29)21-3)20(30)25(17)10-14-7-5-4-6-8-14/h4-8,12-13H,9-11H2,1-3H3,(H2,21,23,27,29). The smallest absolute Gasteiger partial charge is 0.333 e. The van der Waals surface area contributed by atoms with Crippen LogP contribution in [0.15, 0.2) is 46.2 Å². The molecule has 0 fully saturated rings. The zero-order valence-electron chi connectivity index (χ0n) is 17.1. The van der Waals surface area contributed by atoms with Crippen molar-refractivity contribution in [2.75, 3.05) is 7.05 Å². The number of hydrogen-bond acceptors (Lipinski definition) is 5. The molecular formula is C20H24N6O4. The summed E-state index contributed by atoms with van der Waals surface area (Å²) in [6, 6.07) is 8.56. The number of nitrogens with zero attached hydrogens (tertiary/aromatic N) is 4. The third kappa shape index (κ3) is 4.32. The molecule has 0 aliphatic heterocycles. The first kappa shape index (κ1) is 21.0. The van der Waals surface area contributed by atoms with Gasteiger partial charge in [0.15, 0.2) is 11.2 Å². The minimum absolute atomic E-state index is 0.187. The number of carbonyl (C=O) groups is 2. The molecule has 0 atom stereocenters. The van der Waals surface area contributed by atoms with Crippen LogP contribution in [0.2, 0.25) is 0 Å². The number of amides is 3. The van der Waals surface area contributed by atoms with E-state index in [2.05, 4.69) is 15.6 Å². The normalized spacial score (nSPS) is 11.1. The maximum atomic E-state index is 13.1. The molecule has 3 amide bonds. The molecule has 1 aromatic carbocycles. The Labute approximate surface area is 172 Å². The fraction of sp³-hybridized carbons (Fsp3) is 0.350. The van der Waals surface area contributed by atoms with E-state index >= 15 is 0 Å². The van der Waals surface area contributed by atoms with Gasteiger partial charge in [-0.2, -0.15) is 0 Å². The van der Waals surface area contributed by atoms with E-state index in [1.165, 1.54) is 17.9 Å². The van der Waals surface area contributed by atoms with E-state index < -0.39 is 29.7 Å². The molecule has 2 heterocycles. The first-order valence-electron chi connectivity index (χ1n) is 9.55. The Morgan fingerprint density at radius 2 is 1.80 bits per heavy atom. The number of rotatable bonds is 6. The summed E-state index contributed by atoms with van der Waals surface area (Å²) >= 11 is 0. The van der Waals surface area contributed by atoms with Gasteiger partial charge in [-0.05, 0) is 11.5 Å². The Balaban J connectivity index is 2.17. The quantitative estimate of drug-likeness (QED) is 0.612. The number of benzene rings is 1. The monoisotopic (exact) mass is 412 g/mol. The molecule has 0 aliphatic rings. The zero-order chi connectivity index (χ0) is 21.8. The van der Waals surface area contributed by atoms with Gasteiger partial charge < -0.3 is 9.88 Å². The first-order chi connectivity index (χ1) is 14.3. The fourth-order valence-corrected chi connectivity index (χ4v) is 3.19. The van der Waals surface area contributed by atoms with Crippen molar-refractivity contribution in [3.05, 3.63) is 63.1 Å². The summed E-state index contributed by atoms with van der Waals surface area (Å²) in [5.74, 6) is -0.532. The number of hydrogen-bond donors (Lipinski definition) is 2. The Bertz CT molecular complexity index is 1190. The van der Waals surface area contributed by atoms with Crippen LogP contribution in [0.4, 0.5) is 4.79 Å². The minimum Gasteiger partial charge on any atom is -0.341 e. The molecule has 0 aliphatic carbocycles. The summed E-state index contributed by atoms with van der Waals surface area (Å²) < 4.78 is 3.90. The summed E-state index contributed by atoms with van der Waals surface area (Å²) in [6.45, 7) is 4.14. The van der Waals surface area contributed by atoms with Crippen LogP contribution in [0, 0.1) is 5.92 Å². The zero-order valence-corrected chi connectivity index (χ0v) is 17.1. The lowest BCUT2D eigenvalue weighted by molar-refractivity contribution is -0.120. The van der Waals surface area contributed by atoms with Gasteiger partial charge in [0.05, 0.1) is 12.9 Å². The average Bonchev–Trinajstić information content (AvgIpc) is 3.12. The van der Waals surface area contributed by atoms with Crippen LogP contribution in [0.5, 0.6) is 0 Å². The number of carbonyl (C=O) groups excluding carboxylic acids is 2. The highest BCUT2D eigenvalue weighted by molar-refractivity contribution is 5.94. The van der Waals surface area contributed by atoms with Crippen LogP contribution >= 0.6 is 0 Å². The van der Waals surface area contributed by atoms with E-state index in [-0.39, 0.29) is 23.6 Å². The van der Waals surface area contributed by atoms with Gasteiger partial charge in [0, 0.05) is 13.6 Å². The molecule has 10 heteroatoms. The number of imidazole rings is 1. The molecule has 3 aromatic rings. The summed E-state index contributed by atoms with van der Waals surface area (Å²) in [5.41, 5.74) is 0.0616. The van der Waals surface area contributed by atoms with Crippen molar-refractivity contribution < 1.29 is 9.59 Å². The van der Waals surface area contributed by atoms with Gasteiger partial charge in [-0.25, -0.2) is 19.1 Å². The number of aromatic nitrogens is 4. The van der Waals surface area contributed by atoms with Crippen LogP contribution in [0.3, 0.4) is 0 Å². The van der Waals surface area contributed by atoms with Crippen molar-refractivity contribution in [3.8, 4) is 0 Å². The van der Waals surface area contributed by atoms with Gasteiger partial charge in [0.2, 0.25) is 5.91 Å². The molecule has 30 heavy (non-hydrogen) atoms. The van der Waals surface area contributed by atoms with E-state index in [1.807, 2.05) is 44.2 Å². The van der Waals surface area contributed by atoms with Crippen LogP contribution in [0.25, 0.3) is 11.2 Å². The van der Waals surface area contributed by atoms with E-state index in [0.29, 0.717) is 6.54 Å². The number of imide groups is 1. The van der Waals surface area contributed by atoms with E-state index in [4.69, 9.17) is 0 Å². The third-order valence-corrected chi connectivity index (χ3v) is 4.51. The fourth-order valence-electron chi connectivity index (χ4n) is 3.19. The van der Waals surface area contributed by atoms with E-state index in [1.54, 1.807) is 4.57 Å². The summed E-state index contributed by atoms with van der Waals surface area (Å²) in [4.78, 5) is 54.2.